The molecule has 5 aromatic rings. The Morgan fingerprint density at radius 1 is 0.902 bits per heavy atom. The molecule has 1 saturated heterocycles. The number of piperidine rings is 1. The topological polar surface area (TPSA) is 94.4 Å². The van der Waals surface area contributed by atoms with Gasteiger partial charge in [-0.05, 0) is 90.0 Å². The van der Waals surface area contributed by atoms with E-state index < -0.39 is 23.6 Å². The molecule has 208 valence electrons. The summed E-state index contributed by atoms with van der Waals surface area (Å²) in [5, 5.41) is 14.4. The fourth-order valence-electron chi connectivity index (χ4n) is 5.46. The smallest absolute Gasteiger partial charge is 0.252 e. The summed E-state index contributed by atoms with van der Waals surface area (Å²) >= 11 is 0. The zero-order chi connectivity index (χ0) is 28.5. The number of aromatic hydroxyl groups is 1. The molecule has 1 fully saturated rings. The number of hydrogen-bond acceptors (Lipinski definition) is 4. The molecule has 1 aliphatic heterocycles. The van der Waals surface area contributed by atoms with Crippen LogP contribution in [0, 0.1) is 11.6 Å². The van der Waals surface area contributed by atoms with E-state index in [2.05, 4.69) is 15.2 Å². The molecule has 2 heterocycles. The Balaban J connectivity index is 1.30. The number of para-hydroxylation sites is 1. The summed E-state index contributed by atoms with van der Waals surface area (Å²) in [5.41, 5.74) is 10.1. The molecule has 6 rings (SSSR count). The van der Waals surface area contributed by atoms with Crippen LogP contribution < -0.4 is 16.0 Å². The Morgan fingerprint density at radius 3 is 2.41 bits per heavy atom. The molecule has 1 amide bonds. The number of H-pyrrole nitrogens is 1. The van der Waals surface area contributed by atoms with Crippen molar-refractivity contribution in [3.05, 3.63) is 119 Å². The molecule has 0 bridgehead atoms. The molecule has 41 heavy (non-hydrogen) atoms. The third-order valence-corrected chi connectivity index (χ3v) is 7.70. The summed E-state index contributed by atoms with van der Waals surface area (Å²) in [7, 11) is 0. The van der Waals surface area contributed by atoms with Crippen LogP contribution in [0.15, 0.2) is 91.0 Å². The average molecular weight is 553 g/mol. The maximum absolute atomic E-state index is 14.8. The molecule has 1 aromatic heterocycles. The van der Waals surface area contributed by atoms with Crippen LogP contribution in [0.5, 0.6) is 5.75 Å². The maximum atomic E-state index is 14.8. The molecule has 8 heteroatoms. The lowest BCUT2D eigenvalue weighted by atomic mass is 9.99. The van der Waals surface area contributed by atoms with Gasteiger partial charge in [-0.3, -0.25) is 4.79 Å². The number of hydrogen-bond donors (Lipinski definition) is 4. The van der Waals surface area contributed by atoms with Crippen molar-refractivity contribution in [1.29, 1.82) is 0 Å². The number of carbonyl (C=O) groups is 1. The van der Waals surface area contributed by atoms with Crippen molar-refractivity contribution in [2.45, 2.75) is 24.9 Å². The van der Waals surface area contributed by atoms with E-state index in [9.17, 15) is 18.7 Å². The van der Waals surface area contributed by atoms with Gasteiger partial charge in [-0.2, -0.15) is 0 Å². The lowest BCUT2D eigenvalue weighted by molar-refractivity contribution is 0.0941. The number of nitrogens with one attached hydrogen (secondary N) is 2. The van der Waals surface area contributed by atoms with Gasteiger partial charge < -0.3 is 26.0 Å². The number of nitrogens with two attached hydrogens (primary N) is 1. The third kappa shape index (κ3) is 5.64. The molecule has 0 aliphatic carbocycles. The van der Waals surface area contributed by atoms with E-state index >= 15 is 0 Å². The number of benzene rings is 4. The van der Waals surface area contributed by atoms with Crippen molar-refractivity contribution in [1.82, 2.24) is 10.3 Å². The van der Waals surface area contributed by atoms with E-state index in [0.717, 1.165) is 60.2 Å². The van der Waals surface area contributed by atoms with Gasteiger partial charge >= 0.3 is 0 Å². The number of nitrogens with zero attached hydrogens (tertiary/aromatic N) is 1. The monoisotopic (exact) mass is 552 g/mol. The zero-order valence-corrected chi connectivity index (χ0v) is 22.3. The van der Waals surface area contributed by atoms with E-state index in [1.54, 1.807) is 6.07 Å². The minimum atomic E-state index is -0.922. The Morgan fingerprint density at radius 2 is 1.66 bits per heavy atom. The van der Waals surface area contributed by atoms with Crippen molar-refractivity contribution in [2.24, 2.45) is 5.73 Å². The van der Waals surface area contributed by atoms with Crippen molar-refractivity contribution in [3.63, 3.8) is 0 Å². The Bertz CT molecular complexity index is 1680. The number of rotatable bonds is 6. The second-order valence-corrected chi connectivity index (χ2v) is 10.5. The van der Waals surface area contributed by atoms with Crippen LogP contribution in [0.25, 0.3) is 22.0 Å². The van der Waals surface area contributed by atoms with Crippen molar-refractivity contribution in [2.75, 3.05) is 18.0 Å². The van der Waals surface area contributed by atoms with Crippen LogP contribution in [0.3, 0.4) is 0 Å². The highest BCUT2D eigenvalue weighted by atomic mass is 19.1. The summed E-state index contributed by atoms with van der Waals surface area (Å²) in [6.07, 6.45) is 1.88. The number of amides is 1. The number of fused-ring (bicyclic) bond motifs is 1. The van der Waals surface area contributed by atoms with E-state index in [0.29, 0.717) is 11.3 Å². The van der Waals surface area contributed by atoms with Gasteiger partial charge in [0, 0.05) is 47.2 Å². The van der Waals surface area contributed by atoms with Gasteiger partial charge in [0.15, 0.2) is 0 Å². The number of phenolic OH excluding ortho intramolecular Hbond substituents is 1. The van der Waals surface area contributed by atoms with Gasteiger partial charge in [0.1, 0.15) is 17.4 Å². The summed E-state index contributed by atoms with van der Waals surface area (Å²) < 4.78 is 29.1. The van der Waals surface area contributed by atoms with Crippen LogP contribution in [-0.2, 0) is 0 Å². The lowest BCUT2D eigenvalue weighted by Crippen LogP contribution is -2.39. The Kier molecular flexibility index (Phi) is 7.15. The standard InChI is InChI=1S/C33H30F2N4O2/c34-24-7-10-31(40)28(19-24)32(30-18-21-3-1-2-4-29(21)37-30)38-33(41)23-15-22(16-25(35)17-23)20-5-8-27(9-6-20)39-13-11-26(36)12-14-39/h1-10,15-19,26,32,37,40H,11-14,36H2,(H,38,41)/t32-/m1/s1. The van der Waals surface area contributed by atoms with Crippen LogP contribution >= 0.6 is 0 Å². The second kappa shape index (κ2) is 11.1. The highest BCUT2D eigenvalue weighted by molar-refractivity contribution is 5.96. The SMILES string of the molecule is NC1CCN(c2ccc(-c3cc(F)cc(C(=O)N[C@@H](c4cc5ccccc5[nH]4)c4cc(F)ccc4O)c3)cc2)CC1. The maximum Gasteiger partial charge on any atom is 0.252 e. The minimum Gasteiger partial charge on any atom is -0.508 e. The van der Waals surface area contributed by atoms with Crippen LogP contribution in [-0.4, -0.2) is 35.1 Å². The van der Waals surface area contributed by atoms with Crippen molar-refractivity contribution < 1.29 is 18.7 Å². The molecule has 4 aromatic carbocycles. The van der Waals surface area contributed by atoms with Crippen LogP contribution in [0.2, 0.25) is 0 Å². The lowest BCUT2D eigenvalue weighted by Gasteiger charge is -2.32. The second-order valence-electron chi connectivity index (χ2n) is 10.5. The van der Waals surface area contributed by atoms with Gasteiger partial charge in [-0.25, -0.2) is 8.78 Å². The number of aromatic nitrogens is 1. The highest BCUT2D eigenvalue weighted by Crippen LogP contribution is 2.32. The average Bonchev–Trinajstić information content (AvgIpc) is 3.41. The predicted octanol–water partition coefficient (Wildman–Crippen LogP) is 6.27. The van der Waals surface area contributed by atoms with Crippen molar-refractivity contribution in [3.8, 4) is 16.9 Å². The number of phenols is 1. The van der Waals surface area contributed by atoms with Crippen LogP contribution in [0.4, 0.5) is 14.5 Å². The van der Waals surface area contributed by atoms with Gasteiger partial charge in [0.2, 0.25) is 0 Å². The first-order valence-corrected chi connectivity index (χ1v) is 13.6. The number of anilines is 1. The molecular formula is C33H30F2N4O2. The molecule has 0 spiro atoms. The Labute approximate surface area is 236 Å². The highest BCUT2D eigenvalue weighted by Gasteiger charge is 2.24. The molecule has 1 aliphatic rings. The molecular weight excluding hydrogens is 522 g/mol. The van der Waals surface area contributed by atoms with E-state index in [1.807, 2.05) is 54.6 Å². The molecule has 0 unspecified atom stereocenters. The van der Waals surface area contributed by atoms with Gasteiger partial charge in [0.25, 0.3) is 5.91 Å². The molecule has 0 saturated carbocycles. The summed E-state index contributed by atoms with van der Waals surface area (Å²) in [5.74, 6) is -1.86. The fourth-order valence-corrected chi connectivity index (χ4v) is 5.46. The van der Waals surface area contributed by atoms with Crippen molar-refractivity contribution >= 4 is 22.5 Å². The van der Waals surface area contributed by atoms with Crippen LogP contribution in [0.1, 0.15) is 40.5 Å². The van der Waals surface area contributed by atoms with E-state index in [-0.39, 0.29) is 22.9 Å². The van der Waals surface area contributed by atoms with Gasteiger partial charge in [-0.15, -0.1) is 0 Å². The number of aromatic amines is 1. The van der Waals surface area contributed by atoms with E-state index in [1.165, 1.54) is 18.2 Å². The largest absolute Gasteiger partial charge is 0.508 e. The number of halogens is 2. The summed E-state index contributed by atoms with van der Waals surface area (Å²) in [6, 6.07) is 24.3. The first-order chi connectivity index (χ1) is 19.8. The molecule has 0 radical (unpaired) electrons. The summed E-state index contributed by atoms with van der Waals surface area (Å²) in [6.45, 7) is 1.78. The molecule has 6 nitrogen and oxygen atoms in total. The first-order valence-electron chi connectivity index (χ1n) is 13.6. The molecule has 5 N–H and O–H groups in total. The first kappa shape index (κ1) is 26.5. The predicted molar refractivity (Wildman–Crippen MR) is 157 cm³/mol. The van der Waals surface area contributed by atoms with Gasteiger partial charge in [-0.1, -0.05) is 30.3 Å². The quantitative estimate of drug-likeness (QED) is 0.200. The zero-order valence-electron chi connectivity index (χ0n) is 22.3. The number of carbonyl (C=O) groups excluding carboxylic acids is 1. The third-order valence-electron chi connectivity index (χ3n) is 7.70. The normalized spacial score (nSPS) is 14.8. The van der Waals surface area contributed by atoms with E-state index in [4.69, 9.17) is 5.73 Å². The molecule has 1 atom stereocenters. The van der Waals surface area contributed by atoms with Gasteiger partial charge in [0.05, 0.1) is 6.04 Å². The minimum absolute atomic E-state index is 0.103. The Hall–Kier alpha value is -4.69. The fraction of sp³-hybridized carbons (Fsp3) is 0.182. The summed E-state index contributed by atoms with van der Waals surface area (Å²) in [4.78, 5) is 19.1.